The summed E-state index contributed by atoms with van der Waals surface area (Å²) in [7, 11) is -3.21. The quantitative estimate of drug-likeness (QED) is 0.806. The molecule has 4 rings (SSSR count). The third kappa shape index (κ3) is 3.40. The smallest absolute Gasteiger partial charge is 0.223 e. The Hall–Kier alpha value is -1.44. The number of carbonyl (C=O) groups excluding carboxylic acids is 1. The predicted molar refractivity (Wildman–Crippen MR) is 98.0 cm³/mol. The van der Waals surface area contributed by atoms with E-state index in [0.29, 0.717) is 26.1 Å². The van der Waals surface area contributed by atoms with E-state index in [1.165, 1.54) is 11.8 Å². The second-order valence-electron chi connectivity index (χ2n) is 7.91. The molecule has 0 saturated carbocycles. The van der Waals surface area contributed by atoms with Crippen LogP contribution < -0.4 is 4.72 Å². The van der Waals surface area contributed by atoms with Crippen molar-refractivity contribution in [1.29, 1.82) is 0 Å². The van der Waals surface area contributed by atoms with Crippen LogP contribution >= 0.6 is 0 Å². The Balaban J connectivity index is 1.39. The Morgan fingerprint density at radius 2 is 2.12 bits per heavy atom. The van der Waals surface area contributed by atoms with Crippen molar-refractivity contribution < 1.29 is 17.9 Å². The number of nitrogens with zero attached hydrogens (tertiary/aromatic N) is 1. The molecule has 1 amide bonds. The number of hydrogen-bond donors (Lipinski definition) is 1. The van der Waals surface area contributed by atoms with Crippen LogP contribution in [0.25, 0.3) is 0 Å². The third-order valence-electron chi connectivity index (χ3n) is 6.19. The maximum Gasteiger partial charge on any atom is 0.223 e. The molecule has 3 aliphatic heterocycles. The largest absolute Gasteiger partial charge is 0.369 e. The van der Waals surface area contributed by atoms with Gasteiger partial charge >= 0.3 is 0 Å². The molecule has 0 radical (unpaired) electrons. The van der Waals surface area contributed by atoms with Gasteiger partial charge in [0.25, 0.3) is 0 Å². The van der Waals surface area contributed by atoms with Gasteiger partial charge in [0.05, 0.1) is 24.5 Å². The Morgan fingerprint density at radius 1 is 1.35 bits per heavy atom. The van der Waals surface area contributed by atoms with Crippen molar-refractivity contribution in [2.24, 2.45) is 11.8 Å². The fourth-order valence-corrected chi connectivity index (χ4v) is 5.45. The second kappa shape index (κ2) is 6.62. The summed E-state index contributed by atoms with van der Waals surface area (Å²) in [5.74, 6) is 0.557. The molecule has 1 spiro atoms. The Bertz CT molecular complexity index is 782. The van der Waals surface area contributed by atoms with Crippen LogP contribution in [0.5, 0.6) is 0 Å². The van der Waals surface area contributed by atoms with Crippen LogP contribution in [0.15, 0.2) is 30.3 Å². The second-order valence-corrected chi connectivity index (χ2v) is 9.74. The molecule has 1 N–H and O–H groups in total. The van der Waals surface area contributed by atoms with Crippen LogP contribution in [0.1, 0.15) is 24.8 Å². The highest BCUT2D eigenvalue weighted by Gasteiger charge is 2.63. The standard InChI is InChI=1S/C19H26N2O4S/c1-26(23,24)20-11-15-16-12-21(13-19(16)10-9-17(15)25-19)18(22)8-7-14-5-3-2-4-6-14/h2-6,15-17,20H,7-13H2,1H3/t15-,16+,17+,19+/m0/s1. The number of rotatable bonds is 6. The first kappa shape index (κ1) is 17.9. The number of nitrogens with one attached hydrogen (secondary N) is 1. The normalized spacial score (nSPS) is 32.8. The van der Waals surface area contributed by atoms with Crippen molar-refractivity contribution in [3.63, 3.8) is 0 Å². The van der Waals surface area contributed by atoms with E-state index in [4.69, 9.17) is 4.74 Å². The van der Waals surface area contributed by atoms with Gasteiger partial charge in [0.2, 0.25) is 15.9 Å². The fraction of sp³-hybridized carbons (Fsp3) is 0.632. The Morgan fingerprint density at radius 3 is 2.85 bits per heavy atom. The summed E-state index contributed by atoms with van der Waals surface area (Å²) in [6.07, 6.45) is 4.48. The average molecular weight is 378 g/mol. The lowest BCUT2D eigenvalue weighted by Gasteiger charge is -2.29. The fourth-order valence-electron chi connectivity index (χ4n) is 4.96. The first-order valence-electron chi connectivity index (χ1n) is 9.30. The van der Waals surface area contributed by atoms with Gasteiger partial charge in [-0.2, -0.15) is 0 Å². The van der Waals surface area contributed by atoms with Crippen molar-refractivity contribution in [3.8, 4) is 0 Å². The van der Waals surface area contributed by atoms with E-state index in [1.807, 2.05) is 35.2 Å². The van der Waals surface area contributed by atoms with Crippen LogP contribution in [-0.4, -0.2) is 56.8 Å². The summed E-state index contributed by atoms with van der Waals surface area (Å²) < 4.78 is 31.8. The number of sulfonamides is 1. The first-order chi connectivity index (χ1) is 12.4. The van der Waals surface area contributed by atoms with Crippen LogP contribution in [0.4, 0.5) is 0 Å². The number of fused-ring (bicyclic) bond motifs is 1. The summed E-state index contributed by atoms with van der Waals surface area (Å²) in [6.45, 7) is 1.74. The van der Waals surface area contributed by atoms with Crippen LogP contribution in [0, 0.1) is 11.8 Å². The summed E-state index contributed by atoms with van der Waals surface area (Å²) in [5, 5.41) is 0. The molecule has 3 fully saturated rings. The van der Waals surface area contributed by atoms with E-state index in [0.717, 1.165) is 19.3 Å². The third-order valence-corrected chi connectivity index (χ3v) is 6.88. The highest BCUT2D eigenvalue weighted by Crippen LogP contribution is 2.54. The lowest BCUT2D eigenvalue weighted by molar-refractivity contribution is -0.131. The van der Waals surface area contributed by atoms with Crippen molar-refractivity contribution in [2.75, 3.05) is 25.9 Å². The molecule has 3 heterocycles. The summed E-state index contributed by atoms with van der Waals surface area (Å²) in [5.41, 5.74) is 0.919. The predicted octanol–water partition coefficient (Wildman–Crippen LogP) is 1.17. The molecule has 3 saturated heterocycles. The molecular weight excluding hydrogens is 352 g/mol. The van der Waals surface area contributed by atoms with Crippen LogP contribution in [0.2, 0.25) is 0 Å². The highest BCUT2D eigenvalue weighted by molar-refractivity contribution is 7.88. The van der Waals surface area contributed by atoms with Gasteiger partial charge < -0.3 is 9.64 Å². The minimum atomic E-state index is -3.21. The molecule has 26 heavy (non-hydrogen) atoms. The molecule has 7 heteroatoms. The molecule has 1 aromatic rings. The number of amides is 1. The first-order valence-corrected chi connectivity index (χ1v) is 11.2. The van der Waals surface area contributed by atoms with Crippen molar-refractivity contribution >= 4 is 15.9 Å². The summed E-state index contributed by atoms with van der Waals surface area (Å²) in [4.78, 5) is 14.6. The lowest BCUT2D eigenvalue weighted by Crippen LogP contribution is -2.41. The highest BCUT2D eigenvalue weighted by atomic mass is 32.2. The summed E-state index contributed by atoms with van der Waals surface area (Å²) >= 11 is 0. The number of ether oxygens (including phenoxy) is 1. The minimum absolute atomic E-state index is 0.121. The Kier molecular flexibility index (Phi) is 4.57. The van der Waals surface area contributed by atoms with Crippen molar-refractivity contribution in [2.45, 2.75) is 37.4 Å². The SMILES string of the molecule is CS(=O)(=O)NC[C@H]1[C@H]2CN(C(=O)CCc3ccccc3)C[C@]23CC[C@H]1O3. The van der Waals surface area contributed by atoms with Gasteiger partial charge in [0.1, 0.15) is 0 Å². The van der Waals surface area contributed by atoms with Gasteiger partial charge in [-0.1, -0.05) is 30.3 Å². The van der Waals surface area contributed by atoms with E-state index >= 15 is 0 Å². The topological polar surface area (TPSA) is 75.7 Å². The average Bonchev–Trinajstić information content (AvgIpc) is 3.26. The molecule has 2 bridgehead atoms. The molecular formula is C19H26N2O4S. The van der Waals surface area contributed by atoms with Gasteiger partial charge in [0, 0.05) is 31.3 Å². The van der Waals surface area contributed by atoms with E-state index in [-0.39, 0.29) is 29.4 Å². The molecule has 3 aliphatic rings. The zero-order valence-electron chi connectivity index (χ0n) is 15.1. The van der Waals surface area contributed by atoms with Crippen molar-refractivity contribution in [1.82, 2.24) is 9.62 Å². The molecule has 1 aromatic carbocycles. The number of hydrogen-bond acceptors (Lipinski definition) is 4. The van der Waals surface area contributed by atoms with Gasteiger partial charge in [-0.25, -0.2) is 13.1 Å². The maximum absolute atomic E-state index is 12.7. The van der Waals surface area contributed by atoms with E-state index in [2.05, 4.69) is 4.72 Å². The van der Waals surface area contributed by atoms with E-state index < -0.39 is 10.0 Å². The monoisotopic (exact) mass is 378 g/mol. The molecule has 0 unspecified atom stereocenters. The minimum Gasteiger partial charge on any atom is -0.369 e. The zero-order chi connectivity index (χ0) is 18.4. The summed E-state index contributed by atoms with van der Waals surface area (Å²) in [6, 6.07) is 10.0. The molecule has 0 aromatic heterocycles. The van der Waals surface area contributed by atoms with Crippen molar-refractivity contribution in [3.05, 3.63) is 35.9 Å². The molecule has 4 atom stereocenters. The van der Waals surface area contributed by atoms with Crippen LogP contribution in [-0.2, 0) is 26.0 Å². The molecule has 6 nitrogen and oxygen atoms in total. The number of aryl methyl sites for hydroxylation is 1. The van der Waals surface area contributed by atoms with Gasteiger partial charge in [-0.3, -0.25) is 4.79 Å². The van der Waals surface area contributed by atoms with Crippen LogP contribution in [0.3, 0.4) is 0 Å². The lowest BCUT2D eigenvalue weighted by atomic mass is 9.74. The van der Waals surface area contributed by atoms with E-state index in [1.54, 1.807) is 0 Å². The zero-order valence-corrected chi connectivity index (χ0v) is 15.9. The van der Waals surface area contributed by atoms with Gasteiger partial charge in [0.15, 0.2) is 0 Å². The maximum atomic E-state index is 12.7. The molecule has 142 valence electrons. The molecule has 0 aliphatic carbocycles. The van der Waals surface area contributed by atoms with E-state index in [9.17, 15) is 13.2 Å². The number of likely N-dealkylation sites (tertiary alicyclic amines) is 1. The number of benzene rings is 1. The van der Waals surface area contributed by atoms with Gasteiger partial charge in [-0.05, 0) is 24.8 Å². The Labute approximate surface area is 155 Å². The van der Waals surface area contributed by atoms with Gasteiger partial charge in [-0.15, -0.1) is 0 Å². The number of carbonyl (C=O) groups is 1.